The van der Waals surface area contributed by atoms with Gasteiger partial charge in [-0.2, -0.15) is 0 Å². The number of anilines is 1. The van der Waals surface area contributed by atoms with Gasteiger partial charge in [-0.05, 0) is 61.7 Å². The molecule has 96 valence electrons. The van der Waals surface area contributed by atoms with Crippen molar-refractivity contribution in [3.05, 3.63) is 47.0 Å². The van der Waals surface area contributed by atoms with Crippen molar-refractivity contribution in [3.8, 4) is 11.5 Å². The second-order valence-electron chi connectivity index (χ2n) is 4.95. The maximum Gasteiger partial charge on any atom is 0.227 e. The lowest BCUT2D eigenvalue weighted by molar-refractivity contribution is 0.617. The number of aromatic nitrogens is 1. The molecule has 0 atom stereocenters. The minimum absolute atomic E-state index is 0.645. The summed E-state index contributed by atoms with van der Waals surface area (Å²) in [5, 5.41) is 0. The van der Waals surface area contributed by atoms with E-state index in [0.29, 0.717) is 5.89 Å². The van der Waals surface area contributed by atoms with Crippen molar-refractivity contribution in [1.82, 2.24) is 4.98 Å². The largest absolute Gasteiger partial charge is 0.436 e. The van der Waals surface area contributed by atoms with Crippen LogP contribution in [0.2, 0.25) is 0 Å². The predicted octanol–water partition coefficient (Wildman–Crippen LogP) is 4.00. The first kappa shape index (κ1) is 11.8. The molecule has 0 aliphatic heterocycles. The van der Waals surface area contributed by atoms with Gasteiger partial charge in [0.15, 0.2) is 5.58 Å². The van der Waals surface area contributed by atoms with E-state index in [1.807, 2.05) is 31.2 Å². The number of hydrogen-bond donors (Lipinski definition) is 1. The highest BCUT2D eigenvalue weighted by molar-refractivity contribution is 5.80. The van der Waals surface area contributed by atoms with Gasteiger partial charge in [-0.15, -0.1) is 0 Å². The molecule has 3 aromatic rings. The first-order valence-corrected chi connectivity index (χ1v) is 6.29. The average Bonchev–Trinajstić information content (AvgIpc) is 2.82. The summed E-state index contributed by atoms with van der Waals surface area (Å²) in [5.74, 6) is 0.645. The smallest absolute Gasteiger partial charge is 0.227 e. The third-order valence-corrected chi connectivity index (χ3v) is 3.59. The molecule has 0 aliphatic carbocycles. The minimum Gasteiger partial charge on any atom is -0.436 e. The van der Waals surface area contributed by atoms with Gasteiger partial charge in [0, 0.05) is 11.3 Å². The zero-order valence-corrected chi connectivity index (χ0v) is 11.3. The zero-order chi connectivity index (χ0) is 13.6. The third kappa shape index (κ3) is 1.87. The van der Waals surface area contributed by atoms with E-state index in [9.17, 15) is 0 Å². The minimum atomic E-state index is 0.645. The molecule has 0 bridgehead atoms. The van der Waals surface area contributed by atoms with Gasteiger partial charge in [0.2, 0.25) is 5.89 Å². The molecule has 0 radical (unpaired) electrons. The fourth-order valence-corrected chi connectivity index (χ4v) is 2.15. The summed E-state index contributed by atoms with van der Waals surface area (Å²) in [4.78, 5) is 4.55. The van der Waals surface area contributed by atoms with Crippen molar-refractivity contribution < 1.29 is 4.42 Å². The van der Waals surface area contributed by atoms with E-state index < -0.39 is 0 Å². The molecule has 3 rings (SSSR count). The maximum atomic E-state index is 5.91. The van der Waals surface area contributed by atoms with Crippen LogP contribution in [0.4, 0.5) is 5.69 Å². The maximum absolute atomic E-state index is 5.91. The summed E-state index contributed by atoms with van der Waals surface area (Å²) in [6.45, 7) is 6.11. The Hall–Kier alpha value is -2.29. The normalized spacial score (nSPS) is 11.1. The van der Waals surface area contributed by atoms with E-state index in [-0.39, 0.29) is 0 Å². The van der Waals surface area contributed by atoms with Crippen LogP contribution in [0.25, 0.3) is 22.6 Å². The van der Waals surface area contributed by atoms with E-state index in [2.05, 4.69) is 24.9 Å². The molecule has 19 heavy (non-hydrogen) atoms. The SMILES string of the molecule is Cc1cc(-c2nc3ccc(C)c(C)c3o2)ccc1N. The molecular formula is C16H16N2O. The number of hydrogen-bond acceptors (Lipinski definition) is 3. The molecule has 0 amide bonds. The second-order valence-corrected chi connectivity index (χ2v) is 4.95. The van der Waals surface area contributed by atoms with Crippen molar-refractivity contribution >= 4 is 16.8 Å². The van der Waals surface area contributed by atoms with Gasteiger partial charge in [0.1, 0.15) is 5.52 Å². The monoisotopic (exact) mass is 252 g/mol. The van der Waals surface area contributed by atoms with Crippen LogP contribution in [0.15, 0.2) is 34.7 Å². The van der Waals surface area contributed by atoms with Crippen molar-refractivity contribution in [1.29, 1.82) is 0 Å². The molecule has 0 aliphatic rings. The Balaban J connectivity index is 2.20. The second kappa shape index (κ2) is 4.12. The molecule has 3 heteroatoms. The summed E-state index contributed by atoms with van der Waals surface area (Å²) in [6.07, 6.45) is 0. The first-order chi connectivity index (χ1) is 9.06. The third-order valence-electron chi connectivity index (χ3n) is 3.59. The van der Waals surface area contributed by atoms with E-state index in [1.54, 1.807) is 0 Å². The van der Waals surface area contributed by atoms with Crippen LogP contribution < -0.4 is 5.73 Å². The molecule has 1 aromatic heterocycles. The Bertz CT molecular complexity index is 772. The van der Waals surface area contributed by atoms with Crippen LogP contribution in [-0.4, -0.2) is 4.98 Å². The van der Waals surface area contributed by atoms with Gasteiger partial charge in [-0.1, -0.05) is 6.07 Å². The number of nitrogens with two attached hydrogens (primary N) is 1. The number of benzene rings is 2. The Morgan fingerprint density at radius 2 is 1.79 bits per heavy atom. The Morgan fingerprint density at radius 1 is 1.00 bits per heavy atom. The van der Waals surface area contributed by atoms with Gasteiger partial charge in [-0.3, -0.25) is 0 Å². The standard InChI is InChI=1S/C16H16N2O/c1-9-4-7-14-15(11(9)3)19-16(18-14)12-5-6-13(17)10(2)8-12/h4-8H,17H2,1-3H3. The van der Waals surface area contributed by atoms with Crippen molar-refractivity contribution in [2.45, 2.75) is 20.8 Å². The topological polar surface area (TPSA) is 52.0 Å². The lowest BCUT2D eigenvalue weighted by atomic mass is 10.1. The van der Waals surface area contributed by atoms with Crippen molar-refractivity contribution in [3.63, 3.8) is 0 Å². The Kier molecular flexibility index (Phi) is 2.56. The molecule has 1 heterocycles. The highest BCUT2D eigenvalue weighted by atomic mass is 16.3. The highest BCUT2D eigenvalue weighted by Crippen LogP contribution is 2.29. The Labute approximate surface area is 112 Å². The number of rotatable bonds is 1. The van der Waals surface area contributed by atoms with Crippen LogP contribution in [-0.2, 0) is 0 Å². The van der Waals surface area contributed by atoms with Crippen LogP contribution in [0, 0.1) is 20.8 Å². The van der Waals surface area contributed by atoms with E-state index in [4.69, 9.17) is 10.2 Å². The first-order valence-electron chi connectivity index (χ1n) is 6.29. The molecule has 0 spiro atoms. The van der Waals surface area contributed by atoms with Crippen LogP contribution in [0.3, 0.4) is 0 Å². The fourth-order valence-electron chi connectivity index (χ4n) is 2.15. The Morgan fingerprint density at radius 3 is 2.53 bits per heavy atom. The molecule has 0 saturated carbocycles. The number of oxazole rings is 1. The molecule has 2 aromatic carbocycles. The molecule has 0 fully saturated rings. The number of nitrogens with zero attached hydrogens (tertiary/aromatic N) is 1. The number of nitrogen functional groups attached to an aromatic ring is 1. The summed E-state index contributed by atoms with van der Waals surface area (Å²) in [5.41, 5.74) is 12.7. The summed E-state index contributed by atoms with van der Waals surface area (Å²) in [7, 11) is 0. The summed E-state index contributed by atoms with van der Waals surface area (Å²) in [6, 6.07) is 9.89. The van der Waals surface area contributed by atoms with Crippen molar-refractivity contribution in [2.24, 2.45) is 0 Å². The van der Waals surface area contributed by atoms with Crippen molar-refractivity contribution in [2.75, 3.05) is 5.73 Å². The molecule has 0 unspecified atom stereocenters. The highest BCUT2D eigenvalue weighted by Gasteiger charge is 2.11. The lowest BCUT2D eigenvalue weighted by Crippen LogP contribution is -1.89. The van der Waals surface area contributed by atoms with Gasteiger partial charge < -0.3 is 10.2 Å². The summed E-state index contributed by atoms with van der Waals surface area (Å²) < 4.78 is 5.91. The quantitative estimate of drug-likeness (QED) is 0.666. The zero-order valence-electron chi connectivity index (χ0n) is 11.3. The average molecular weight is 252 g/mol. The van der Waals surface area contributed by atoms with Gasteiger partial charge >= 0.3 is 0 Å². The van der Waals surface area contributed by atoms with Gasteiger partial charge in [-0.25, -0.2) is 4.98 Å². The molecule has 3 nitrogen and oxygen atoms in total. The number of aryl methyl sites for hydroxylation is 3. The number of fused-ring (bicyclic) bond motifs is 1. The molecule has 2 N–H and O–H groups in total. The molecule has 0 saturated heterocycles. The van der Waals surface area contributed by atoms with Crippen LogP contribution in [0.5, 0.6) is 0 Å². The van der Waals surface area contributed by atoms with Gasteiger partial charge in [0.05, 0.1) is 0 Å². The van der Waals surface area contributed by atoms with E-state index in [0.717, 1.165) is 33.5 Å². The van der Waals surface area contributed by atoms with E-state index in [1.165, 1.54) is 5.56 Å². The van der Waals surface area contributed by atoms with Crippen LogP contribution >= 0.6 is 0 Å². The lowest BCUT2D eigenvalue weighted by Gasteiger charge is -2.01. The van der Waals surface area contributed by atoms with E-state index >= 15 is 0 Å². The van der Waals surface area contributed by atoms with Crippen LogP contribution in [0.1, 0.15) is 16.7 Å². The summed E-state index contributed by atoms with van der Waals surface area (Å²) >= 11 is 0. The van der Waals surface area contributed by atoms with Gasteiger partial charge in [0.25, 0.3) is 0 Å². The predicted molar refractivity (Wildman–Crippen MR) is 78.1 cm³/mol. The molecular weight excluding hydrogens is 236 g/mol. The fraction of sp³-hybridized carbons (Fsp3) is 0.188.